The van der Waals surface area contributed by atoms with Crippen molar-refractivity contribution in [1.29, 1.82) is 0 Å². The number of anilines is 1. The molecule has 4 aromatic rings. The molecule has 0 fully saturated rings. The minimum absolute atomic E-state index is 0.594. The van der Waals surface area contributed by atoms with Crippen molar-refractivity contribution in [3.63, 3.8) is 0 Å². The van der Waals surface area contributed by atoms with Crippen molar-refractivity contribution in [2.24, 2.45) is 0 Å². The normalized spacial score (nSPS) is 11.4. The van der Waals surface area contributed by atoms with Crippen LogP contribution >= 0.6 is 11.3 Å². The summed E-state index contributed by atoms with van der Waals surface area (Å²) in [5.74, 6) is 1.50. The number of imidazole rings is 1. The molecule has 4 heterocycles. The monoisotopic (exact) mass is 398 g/mol. The number of furan rings is 1. The Labute approximate surface area is 166 Å². The fourth-order valence-corrected chi connectivity index (χ4v) is 3.44. The molecule has 4 rings (SSSR count). The lowest BCUT2D eigenvalue weighted by molar-refractivity contribution is 0.273. The fraction of sp³-hybridized carbons (Fsp3) is 0.316. The second-order valence-electron chi connectivity index (χ2n) is 6.58. The lowest BCUT2D eigenvalue weighted by Crippen LogP contribution is -2.15. The SMILES string of the molecule is CN(C)CCCOc1ccc(-c2cn3nc(NCc4ccco4)sc3n2)cn1. The number of fused-ring (bicyclic) bond motifs is 1. The van der Waals surface area contributed by atoms with Crippen molar-refractivity contribution in [3.8, 4) is 17.1 Å². The van der Waals surface area contributed by atoms with E-state index in [-0.39, 0.29) is 0 Å². The fourth-order valence-electron chi connectivity index (χ4n) is 2.66. The molecule has 0 aliphatic rings. The van der Waals surface area contributed by atoms with Crippen LogP contribution in [0, 0.1) is 0 Å². The van der Waals surface area contributed by atoms with Crippen LogP contribution in [0.5, 0.6) is 5.88 Å². The Bertz CT molecular complexity index is 976. The molecule has 0 unspecified atom stereocenters. The summed E-state index contributed by atoms with van der Waals surface area (Å²) >= 11 is 1.49. The van der Waals surface area contributed by atoms with E-state index < -0.39 is 0 Å². The standard InChI is InChI=1S/C19H22N6O2S/c1-24(2)8-4-10-27-17-7-6-14(11-20-17)16-13-25-19(22-16)28-18(23-25)21-12-15-5-3-9-26-15/h3,5-7,9,11,13H,4,8,10,12H2,1-2H3,(H,21,23). The highest BCUT2D eigenvalue weighted by Gasteiger charge is 2.10. The molecule has 1 N–H and O–H groups in total. The van der Waals surface area contributed by atoms with Crippen molar-refractivity contribution >= 4 is 21.4 Å². The first kappa shape index (κ1) is 18.5. The second-order valence-corrected chi connectivity index (χ2v) is 7.54. The van der Waals surface area contributed by atoms with Crippen LogP contribution in [0.4, 0.5) is 5.13 Å². The van der Waals surface area contributed by atoms with Gasteiger partial charge < -0.3 is 19.4 Å². The summed E-state index contributed by atoms with van der Waals surface area (Å²) in [6, 6.07) is 7.64. The maximum absolute atomic E-state index is 5.67. The van der Waals surface area contributed by atoms with E-state index >= 15 is 0 Å². The molecule has 0 saturated heterocycles. The van der Waals surface area contributed by atoms with Crippen molar-refractivity contribution in [2.75, 3.05) is 32.6 Å². The number of hydrogen-bond acceptors (Lipinski definition) is 8. The van der Waals surface area contributed by atoms with Crippen LogP contribution in [0.2, 0.25) is 0 Å². The minimum atomic E-state index is 0.594. The first-order chi connectivity index (χ1) is 13.7. The molecule has 0 radical (unpaired) electrons. The number of nitrogens with zero attached hydrogens (tertiary/aromatic N) is 5. The van der Waals surface area contributed by atoms with Crippen LogP contribution in [0.1, 0.15) is 12.2 Å². The zero-order valence-electron chi connectivity index (χ0n) is 15.8. The maximum atomic E-state index is 5.67. The van der Waals surface area contributed by atoms with Crippen molar-refractivity contribution < 1.29 is 9.15 Å². The first-order valence-electron chi connectivity index (χ1n) is 9.04. The van der Waals surface area contributed by atoms with Gasteiger partial charge in [-0.25, -0.2) is 14.5 Å². The van der Waals surface area contributed by atoms with E-state index in [9.17, 15) is 0 Å². The molecule has 0 saturated carbocycles. The molecule has 0 aliphatic heterocycles. The maximum Gasteiger partial charge on any atom is 0.214 e. The van der Waals surface area contributed by atoms with Gasteiger partial charge in [0.1, 0.15) is 5.76 Å². The van der Waals surface area contributed by atoms with Gasteiger partial charge in [-0.1, -0.05) is 11.3 Å². The highest BCUT2D eigenvalue weighted by molar-refractivity contribution is 7.20. The van der Waals surface area contributed by atoms with E-state index in [1.807, 2.05) is 30.5 Å². The number of pyridine rings is 1. The number of aromatic nitrogens is 4. The van der Waals surface area contributed by atoms with E-state index in [2.05, 4.69) is 39.4 Å². The summed E-state index contributed by atoms with van der Waals surface area (Å²) in [6.07, 6.45) is 6.31. The van der Waals surface area contributed by atoms with Crippen LogP contribution in [-0.4, -0.2) is 51.7 Å². The Morgan fingerprint density at radius 1 is 1.29 bits per heavy atom. The zero-order valence-corrected chi connectivity index (χ0v) is 16.6. The van der Waals surface area contributed by atoms with Crippen LogP contribution < -0.4 is 10.1 Å². The van der Waals surface area contributed by atoms with E-state index in [4.69, 9.17) is 9.15 Å². The quantitative estimate of drug-likeness (QED) is 0.433. The van der Waals surface area contributed by atoms with E-state index in [1.165, 1.54) is 11.3 Å². The topological polar surface area (TPSA) is 80.7 Å². The highest BCUT2D eigenvalue weighted by Crippen LogP contribution is 2.25. The molecular formula is C19H22N6O2S. The summed E-state index contributed by atoms with van der Waals surface area (Å²) in [5, 5.41) is 8.55. The summed E-state index contributed by atoms with van der Waals surface area (Å²) in [6.45, 7) is 2.24. The summed E-state index contributed by atoms with van der Waals surface area (Å²) in [7, 11) is 4.10. The van der Waals surface area contributed by atoms with Crippen molar-refractivity contribution in [2.45, 2.75) is 13.0 Å². The lowest BCUT2D eigenvalue weighted by atomic mass is 10.2. The van der Waals surface area contributed by atoms with Crippen LogP contribution in [-0.2, 0) is 6.54 Å². The zero-order chi connectivity index (χ0) is 19.3. The van der Waals surface area contributed by atoms with Crippen LogP contribution in [0.25, 0.3) is 16.2 Å². The van der Waals surface area contributed by atoms with Gasteiger partial charge in [-0.15, -0.1) is 5.10 Å². The Hall–Kier alpha value is -2.91. The molecular weight excluding hydrogens is 376 g/mol. The third kappa shape index (κ3) is 4.49. The summed E-state index contributed by atoms with van der Waals surface area (Å²) in [5.41, 5.74) is 1.77. The number of ether oxygens (including phenoxy) is 1. The third-order valence-electron chi connectivity index (χ3n) is 4.07. The van der Waals surface area contributed by atoms with Crippen LogP contribution in [0.15, 0.2) is 47.3 Å². The molecule has 4 aromatic heterocycles. The average molecular weight is 398 g/mol. The first-order valence-corrected chi connectivity index (χ1v) is 9.85. The van der Waals surface area contributed by atoms with E-state index in [0.29, 0.717) is 19.0 Å². The van der Waals surface area contributed by atoms with E-state index in [0.717, 1.165) is 40.1 Å². The van der Waals surface area contributed by atoms with Gasteiger partial charge in [0.25, 0.3) is 0 Å². The largest absolute Gasteiger partial charge is 0.478 e. The predicted molar refractivity (Wildman–Crippen MR) is 109 cm³/mol. The molecule has 0 aromatic carbocycles. The van der Waals surface area contributed by atoms with Gasteiger partial charge >= 0.3 is 0 Å². The Morgan fingerprint density at radius 3 is 2.93 bits per heavy atom. The Balaban J connectivity index is 1.36. The highest BCUT2D eigenvalue weighted by atomic mass is 32.1. The molecule has 146 valence electrons. The number of rotatable bonds is 9. The van der Waals surface area contributed by atoms with Gasteiger partial charge in [0.2, 0.25) is 16.0 Å². The second kappa shape index (κ2) is 8.41. The molecule has 8 nitrogen and oxygen atoms in total. The third-order valence-corrected chi connectivity index (χ3v) is 4.95. The lowest BCUT2D eigenvalue weighted by Gasteiger charge is -2.09. The molecule has 0 atom stereocenters. The van der Waals surface area contributed by atoms with E-state index in [1.54, 1.807) is 17.0 Å². The van der Waals surface area contributed by atoms with Gasteiger partial charge in [-0.2, -0.15) is 0 Å². The molecule has 28 heavy (non-hydrogen) atoms. The molecule has 0 bridgehead atoms. The molecule has 0 amide bonds. The van der Waals surface area contributed by atoms with Gasteiger partial charge in [0.15, 0.2) is 0 Å². The van der Waals surface area contributed by atoms with Crippen LogP contribution in [0.3, 0.4) is 0 Å². The molecule has 0 spiro atoms. The Morgan fingerprint density at radius 2 is 2.21 bits per heavy atom. The average Bonchev–Trinajstić information content (AvgIpc) is 3.40. The van der Waals surface area contributed by atoms with Gasteiger partial charge in [-0.05, 0) is 38.7 Å². The van der Waals surface area contributed by atoms with Gasteiger partial charge in [0, 0.05) is 24.4 Å². The smallest absolute Gasteiger partial charge is 0.214 e. The molecule has 0 aliphatic carbocycles. The van der Waals surface area contributed by atoms with Crippen molar-refractivity contribution in [1.82, 2.24) is 24.5 Å². The number of hydrogen-bond donors (Lipinski definition) is 1. The minimum Gasteiger partial charge on any atom is -0.478 e. The van der Waals surface area contributed by atoms with Gasteiger partial charge in [0.05, 0.1) is 31.3 Å². The predicted octanol–water partition coefficient (Wildman–Crippen LogP) is 3.39. The van der Waals surface area contributed by atoms with Gasteiger partial charge in [-0.3, -0.25) is 0 Å². The Kier molecular flexibility index (Phi) is 5.54. The summed E-state index contributed by atoms with van der Waals surface area (Å²) in [4.78, 5) is 12.0. The number of nitrogens with one attached hydrogen (secondary N) is 1. The summed E-state index contributed by atoms with van der Waals surface area (Å²) < 4.78 is 12.8. The molecule has 9 heteroatoms. The van der Waals surface area contributed by atoms with Crippen molar-refractivity contribution in [3.05, 3.63) is 48.7 Å².